The molecule has 0 aromatic carbocycles. The summed E-state index contributed by atoms with van der Waals surface area (Å²) in [6, 6.07) is 29.4. The Morgan fingerprint density at radius 1 is 0.523 bits per heavy atom. The van der Waals surface area contributed by atoms with Gasteiger partial charge in [-0.25, -0.2) is 44.3 Å². The predicted molar refractivity (Wildman–Crippen MR) is 374 cm³/mol. The molecule has 0 fully saturated rings. The van der Waals surface area contributed by atoms with Gasteiger partial charge >= 0.3 is 67.4 Å². The van der Waals surface area contributed by atoms with E-state index in [4.69, 9.17) is 49.4 Å². The molecule has 0 atom stereocenters. The molecular formula is C65H55BBrCl3F12N17O7SW2-2. The second-order valence-corrected chi connectivity index (χ2v) is 22.1. The first-order chi connectivity index (χ1) is 51.0. The van der Waals surface area contributed by atoms with Crippen molar-refractivity contribution in [3.05, 3.63) is 252 Å². The summed E-state index contributed by atoms with van der Waals surface area (Å²) in [5.74, 6) is -2.12. The van der Waals surface area contributed by atoms with Crippen LogP contribution in [0.25, 0.3) is 33.9 Å². The van der Waals surface area contributed by atoms with Crippen LogP contribution in [0.1, 0.15) is 92.1 Å². The summed E-state index contributed by atoms with van der Waals surface area (Å²) in [7, 11) is 4.34. The smallest absolute Gasteiger partial charge is 0 e. The molecule has 2 N–H and O–H groups in total. The third-order valence-electron chi connectivity index (χ3n) is 13.1. The van der Waals surface area contributed by atoms with Gasteiger partial charge in [0.25, 0.3) is 0 Å². The number of ether oxygens (including phenoxy) is 3. The van der Waals surface area contributed by atoms with Crippen molar-refractivity contribution in [3.8, 4) is 0 Å². The molecule has 14 aromatic heterocycles. The van der Waals surface area contributed by atoms with E-state index >= 15 is 0 Å². The van der Waals surface area contributed by atoms with E-state index in [9.17, 15) is 67.1 Å². The van der Waals surface area contributed by atoms with Crippen LogP contribution in [0.15, 0.2) is 186 Å². The first-order valence-corrected chi connectivity index (χ1v) is 33.0. The first-order valence-electron chi connectivity index (χ1n) is 30.2. The Hall–Kier alpha value is -8.97. The van der Waals surface area contributed by atoms with E-state index in [1.165, 1.54) is 97.1 Å². The molecule has 0 saturated heterocycles. The van der Waals surface area contributed by atoms with Crippen molar-refractivity contribution in [2.75, 3.05) is 25.2 Å². The molecule has 109 heavy (non-hydrogen) atoms. The van der Waals surface area contributed by atoms with Gasteiger partial charge in [0.2, 0.25) is 0 Å². The van der Waals surface area contributed by atoms with Gasteiger partial charge in [-0.2, -0.15) is 52.7 Å². The van der Waals surface area contributed by atoms with E-state index in [2.05, 4.69) is 103 Å². The molecule has 14 aromatic rings. The number of nitrogens with zero attached hydrogens (tertiary/aromatic N) is 16. The number of carbonyl (C=O) groups excluding carboxylic acids is 3. The van der Waals surface area contributed by atoms with E-state index < -0.39 is 71.7 Å². The minimum atomic E-state index is -4.68. The molecule has 1 radical (unpaired) electrons. The average Bonchev–Trinajstić information content (AvgIpc) is 1.64. The summed E-state index contributed by atoms with van der Waals surface area (Å²) in [5.41, 5.74) is -1.99. The maximum Gasteiger partial charge on any atom is 0 e. The zero-order valence-corrected chi connectivity index (χ0v) is 66.7. The monoisotopic (exact) mass is 2010 g/mol. The number of imidazole rings is 8. The Balaban J connectivity index is 0.000000268. The summed E-state index contributed by atoms with van der Waals surface area (Å²) in [5, 5.41) is 9.00. The fourth-order valence-corrected chi connectivity index (χ4v) is 9.92. The van der Waals surface area contributed by atoms with Gasteiger partial charge in [0, 0.05) is 98.4 Å². The number of hydrogen-bond donors (Lipinski definition) is 3. The Morgan fingerprint density at radius 2 is 0.899 bits per heavy atom. The number of esters is 3. The number of pyridine rings is 6. The van der Waals surface area contributed by atoms with Crippen molar-refractivity contribution in [2.45, 2.75) is 64.5 Å². The summed E-state index contributed by atoms with van der Waals surface area (Å²) in [6.07, 6.45) is 3.78. The van der Waals surface area contributed by atoms with Gasteiger partial charge < -0.3 is 43.2 Å². The van der Waals surface area contributed by atoms with Gasteiger partial charge in [0.15, 0.2) is 39.9 Å². The van der Waals surface area contributed by atoms with Crippen molar-refractivity contribution in [1.82, 2.24) is 75.8 Å². The van der Waals surface area contributed by atoms with Gasteiger partial charge in [-0.15, -0.1) is 59.6 Å². The maximum absolute atomic E-state index is 13.1. The van der Waals surface area contributed by atoms with Crippen molar-refractivity contribution in [2.24, 2.45) is 4.30 Å². The second-order valence-electron chi connectivity index (χ2n) is 20.0. The van der Waals surface area contributed by atoms with Gasteiger partial charge in [-0.05, 0) is 116 Å². The standard InChI is InChI=1S/C12H8F3N4.C11H9F3N2O2.C10H9BrN2O2.C10H10N2O2.C9H6ClF3N2.C9H7F3N2O.C3H3N2.CH2Cl2.BHNS.2W/c13-12(14,15)11-9(7-18-6-4-16-8-18)17-10-3-1-2-5-19(10)11;1-2-18-10(17)8-9(11(12,13)14)16-6-4-3-5-7(16)15-8;1-2-15-10(14)8-9(11)13-6-4-3-5-7(13)12-8;1-2-14-10(13)8-7-12-6-4-3-5-9(12)11-8;10-5-6-8(9(11,12)13)15-4-2-1-3-7(15)14-6;10-9(11,12)8-6(5-15)13-7-3-1-2-4-14(7)8;1-2-5-3-4-1;2-1-3;1-2-3;;/h1-6H,7H2;3-6H,2H2,1H3;3-6H,2H2,1H3;3-7H,2H2,1H3;1-4H,5H2;1-4,15H,5H2;1-2H,(H,4,5);1H2;3H;;/q-1;;;;;;-1;;;;. The topological polar surface area (TPSA) is 262 Å². The summed E-state index contributed by atoms with van der Waals surface area (Å²) >= 11 is 21.5. The van der Waals surface area contributed by atoms with Crippen molar-refractivity contribution in [1.29, 1.82) is 0 Å². The second kappa shape index (κ2) is 44.0. The molecule has 0 bridgehead atoms. The Morgan fingerprint density at radius 3 is 1.28 bits per heavy atom. The quantitative estimate of drug-likeness (QED) is 0.0219. The third kappa shape index (κ3) is 25.8. The van der Waals surface area contributed by atoms with Crippen LogP contribution in [0.5, 0.6) is 0 Å². The van der Waals surface area contributed by atoms with Gasteiger partial charge in [-0.1, -0.05) is 36.4 Å². The van der Waals surface area contributed by atoms with Crippen molar-refractivity contribution in [3.63, 3.8) is 0 Å². The number of alkyl halides is 15. The minimum Gasteiger partial charge on any atom is -0.467 e. The number of carbonyl (C=O) groups is 3. The zero-order valence-electron chi connectivity index (χ0n) is 56.1. The van der Waals surface area contributed by atoms with Crippen LogP contribution in [-0.2, 0) is 100 Å². The minimum absolute atomic E-state index is 0. The van der Waals surface area contributed by atoms with Gasteiger partial charge in [0.1, 0.15) is 38.5 Å². The number of fused-ring (bicyclic) bond motifs is 6. The third-order valence-corrected chi connectivity index (χ3v) is 14.1. The van der Waals surface area contributed by atoms with E-state index in [-0.39, 0.29) is 112 Å². The fraction of sp³-hybridized carbons (Fsp3) is 0.215. The number of aromatic nitrogens is 16. The Bertz CT molecular complexity index is 5000. The van der Waals surface area contributed by atoms with Crippen LogP contribution in [0, 0.1) is 12.7 Å². The van der Waals surface area contributed by atoms with Crippen LogP contribution in [0.2, 0.25) is 0 Å². The summed E-state index contributed by atoms with van der Waals surface area (Å²) in [6.45, 7) is 5.01. The average molecular weight is 2010 g/mol. The molecule has 0 spiro atoms. The number of thiol groups is 1. The number of H-pyrrole nitrogens is 1. The van der Waals surface area contributed by atoms with Crippen LogP contribution in [0.4, 0.5) is 52.7 Å². The molecule has 0 aliphatic carbocycles. The molecule has 14 rings (SSSR count). The molecule has 0 saturated carbocycles. The number of halogens is 16. The number of nitrogens with one attached hydrogen (secondary N) is 1. The molecule has 0 aliphatic heterocycles. The largest absolute Gasteiger partial charge is 0.467 e. The van der Waals surface area contributed by atoms with Crippen LogP contribution < -0.4 is 0 Å². The molecular weight excluding hydrogens is 1960 g/mol. The molecule has 44 heteroatoms. The van der Waals surface area contributed by atoms with E-state index in [0.717, 1.165) is 23.2 Å². The number of aliphatic hydroxyl groups excluding tert-OH is 1. The SMILES string of the molecule is CCOC(=O)c1cn2ccccc2n1.CCOC(=O)c1nc2ccccn2c1Br.CCOC(=O)c1nc2ccccn2c1C(F)(F)F.ClCCl.FC(F)(F)c1c(CCl)nc2ccccn12.FC(F)(F)c1c(Cn2[c-]ncc2)nc2ccccn12.OCc1nc2ccccn2c1C(F)(F)F.[B]=NS.[W].[W].[c-]1ncc[nH]1. The number of aliphatic hydroxyl groups is 1. The van der Waals surface area contributed by atoms with Crippen LogP contribution >= 0.6 is 63.5 Å². The van der Waals surface area contributed by atoms with Crippen LogP contribution in [-0.4, -0.2) is 132 Å². The normalized spacial score (nSPS) is 10.9. The predicted octanol–water partition coefficient (Wildman–Crippen LogP) is 15.5. The fourth-order valence-electron chi connectivity index (χ4n) is 9.18. The molecule has 24 nitrogen and oxygen atoms in total. The van der Waals surface area contributed by atoms with Gasteiger partial charge in [-0.3, -0.25) is 22.0 Å². The van der Waals surface area contributed by atoms with E-state index in [1.54, 1.807) is 65.6 Å². The maximum atomic E-state index is 13.1. The number of aromatic amines is 1. The molecule has 0 amide bonds. The zero-order chi connectivity index (χ0) is 78.7. The molecule has 14 heterocycles. The summed E-state index contributed by atoms with van der Waals surface area (Å²) < 4.78 is 181. The first kappa shape index (κ1) is 92.4. The molecule has 0 unspecified atom stereocenters. The van der Waals surface area contributed by atoms with Gasteiger partial charge in [0.05, 0.1) is 54.7 Å². The molecule has 0 aliphatic rings. The van der Waals surface area contributed by atoms with Crippen molar-refractivity contribution >= 4 is 123 Å². The van der Waals surface area contributed by atoms with E-state index in [0.29, 0.717) is 34.9 Å². The summed E-state index contributed by atoms with van der Waals surface area (Å²) in [4.78, 5) is 67.6. The Labute approximate surface area is 668 Å². The molecule has 577 valence electrons. The number of rotatable bonds is 10. The van der Waals surface area contributed by atoms with Crippen molar-refractivity contribution < 1.29 is 129 Å². The number of hydrogen-bond acceptors (Lipinski definition) is 17. The Kier molecular flexibility index (Phi) is 37.3. The van der Waals surface area contributed by atoms with Crippen LogP contribution in [0.3, 0.4) is 0 Å². The van der Waals surface area contributed by atoms with E-state index in [1.807, 2.05) is 48.8 Å².